The Morgan fingerprint density at radius 3 is 2.75 bits per heavy atom. The summed E-state index contributed by atoms with van der Waals surface area (Å²) in [7, 11) is 1.39. The SMILES string of the molecule is CCc1csc(-c2ccc(OCCCOc3ccc4c(ccn4CC(=O)OC)c3)nc2)n1. The van der Waals surface area contributed by atoms with Crippen LogP contribution < -0.4 is 9.47 Å². The Morgan fingerprint density at radius 2 is 2.00 bits per heavy atom. The van der Waals surface area contributed by atoms with E-state index in [9.17, 15) is 4.79 Å². The van der Waals surface area contributed by atoms with Gasteiger partial charge in [-0.15, -0.1) is 11.3 Å². The Labute approximate surface area is 190 Å². The van der Waals surface area contributed by atoms with Gasteiger partial charge >= 0.3 is 5.97 Å². The number of ether oxygens (including phenoxy) is 3. The highest BCUT2D eigenvalue weighted by Gasteiger charge is 2.08. The predicted octanol–water partition coefficient (Wildman–Crippen LogP) is 4.74. The van der Waals surface area contributed by atoms with Gasteiger partial charge in [0.15, 0.2) is 0 Å². The van der Waals surface area contributed by atoms with Gasteiger partial charge in [-0.1, -0.05) is 6.92 Å². The molecule has 0 saturated carbocycles. The van der Waals surface area contributed by atoms with Gasteiger partial charge in [0.2, 0.25) is 5.88 Å². The summed E-state index contributed by atoms with van der Waals surface area (Å²) in [4.78, 5) is 20.5. The number of hydrogen-bond donors (Lipinski definition) is 0. The monoisotopic (exact) mass is 451 g/mol. The minimum Gasteiger partial charge on any atom is -0.493 e. The van der Waals surface area contributed by atoms with Crippen LogP contribution in [-0.4, -0.2) is 40.8 Å². The number of rotatable bonds is 10. The van der Waals surface area contributed by atoms with Crippen LogP contribution in [0.15, 0.2) is 54.2 Å². The molecular weight excluding hydrogens is 426 g/mol. The first-order chi connectivity index (χ1) is 15.7. The highest BCUT2D eigenvalue weighted by molar-refractivity contribution is 7.13. The lowest BCUT2D eigenvalue weighted by Gasteiger charge is -2.09. The molecule has 0 saturated heterocycles. The van der Waals surface area contributed by atoms with E-state index in [4.69, 9.17) is 14.2 Å². The molecule has 3 aromatic heterocycles. The topological polar surface area (TPSA) is 75.5 Å². The quantitative estimate of drug-likeness (QED) is 0.256. The van der Waals surface area contributed by atoms with Gasteiger partial charge in [-0.05, 0) is 36.8 Å². The van der Waals surface area contributed by atoms with Crippen LogP contribution in [0.1, 0.15) is 19.0 Å². The molecule has 1 aromatic carbocycles. The molecule has 0 radical (unpaired) electrons. The molecule has 0 spiro atoms. The van der Waals surface area contributed by atoms with Gasteiger partial charge in [0.05, 0.1) is 26.0 Å². The van der Waals surface area contributed by atoms with Crippen LogP contribution in [0.25, 0.3) is 21.5 Å². The number of nitrogens with zero attached hydrogens (tertiary/aromatic N) is 3. The smallest absolute Gasteiger partial charge is 0.325 e. The van der Waals surface area contributed by atoms with Gasteiger partial charge in [0, 0.05) is 46.7 Å². The molecule has 0 atom stereocenters. The van der Waals surface area contributed by atoms with E-state index in [1.807, 2.05) is 47.2 Å². The van der Waals surface area contributed by atoms with Crippen molar-refractivity contribution in [1.29, 1.82) is 0 Å². The Balaban J connectivity index is 1.23. The number of fused-ring (bicyclic) bond motifs is 1. The predicted molar refractivity (Wildman–Crippen MR) is 124 cm³/mol. The van der Waals surface area contributed by atoms with E-state index in [-0.39, 0.29) is 12.5 Å². The van der Waals surface area contributed by atoms with Crippen molar-refractivity contribution in [3.05, 3.63) is 59.9 Å². The second-order valence-corrected chi connectivity index (χ2v) is 8.03. The molecule has 4 rings (SSSR count). The highest BCUT2D eigenvalue weighted by Crippen LogP contribution is 2.25. The standard InChI is InChI=1S/C24H25N3O4S/c1-3-19-16-32-24(26-19)18-5-8-22(25-14-18)31-12-4-11-30-20-6-7-21-17(13-20)9-10-27(21)15-23(28)29-2/h5-10,13-14,16H,3-4,11-12,15H2,1-2H3. The van der Waals surface area contributed by atoms with Crippen molar-refractivity contribution in [2.24, 2.45) is 0 Å². The molecule has 3 heterocycles. The van der Waals surface area contributed by atoms with E-state index in [1.165, 1.54) is 7.11 Å². The van der Waals surface area contributed by atoms with Crippen LogP contribution in [-0.2, 0) is 22.5 Å². The van der Waals surface area contributed by atoms with Gasteiger partial charge in [-0.2, -0.15) is 0 Å². The molecule has 0 aliphatic heterocycles. The molecule has 166 valence electrons. The molecule has 0 aliphatic carbocycles. The van der Waals surface area contributed by atoms with Crippen molar-refractivity contribution in [2.45, 2.75) is 26.3 Å². The first-order valence-electron chi connectivity index (χ1n) is 10.5. The summed E-state index contributed by atoms with van der Waals surface area (Å²) < 4.78 is 18.2. The third-order valence-corrected chi connectivity index (χ3v) is 5.91. The summed E-state index contributed by atoms with van der Waals surface area (Å²) in [6.07, 6.45) is 5.33. The third-order valence-electron chi connectivity index (χ3n) is 4.97. The van der Waals surface area contributed by atoms with Crippen LogP contribution in [0, 0.1) is 0 Å². The molecule has 0 N–H and O–H groups in total. The van der Waals surface area contributed by atoms with Crippen molar-refractivity contribution >= 4 is 28.2 Å². The average molecular weight is 452 g/mol. The number of methoxy groups -OCH3 is 1. The van der Waals surface area contributed by atoms with Crippen LogP contribution in [0.5, 0.6) is 11.6 Å². The zero-order valence-corrected chi connectivity index (χ0v) is 18.9. The number of esters is 1. The Hall–Kier alpha value is -3.39. The van der Waals surface area contributed by atoms with Crippen molar-refractivity contribution in [2.75, 3.05) is 20.3 Å². The average Bonchev–Trinajstić information content (AvgIpc) is 3.46. The van der Waals surface area contributed by atoms with Crippen molar-refractivity contribution in [1.82, 2.24) is 14.5 Å². The summed E-state index contributed by atoms with van der Waals surface area (Å²) in [5, 5.41) is 4.07. The normalized spacial score (nSPS) is 10.9. The summed E-state index contributed by atoms with van der Waals surface area (Å²) in [6, 6.07) is 11.6. The fourth-order valence-corrected chi connectivity index (χ4v) is 4.12. The molecule has 8 heteroatoms. The van der Waals surface area contributed by atoms with E-state index in [0.29, 0.717) is 19.1 Å². The summed E-state index contributed by atoms with van der Waals surface area (Å²) >= 11 is 1.63. The van der Waals surface area contributed by atoms with Crippen LogP contribution in [0.2, 0.25) is 0 Å². The van der Waals surface area contributed by atoms with Gasteiger partial charge in [0.25, 0.3) is 0 Å². The number of hydrogen-bond acceptors (Lipinski definition) is 7. The van der Waals surface area contributed by atoms with E-state index in [2.05, 4.69) is 22.3 Å². The van der Waals surface area contributed by atoms with Crippen molar-refractivity contribution in [3.8, 4) is 22.2 Å². The van der Waals surface area contributed by atoms with Crippen LogP contribution in [0.4, 0.5) is 0 Å². The third kappa shape index (κ3) is 5.26. The van der Waals surface area contributed by atoms with Crippen molar-refractivity contribution < 1.29 is 19.0 Å². The summed E-state index contributed by atoms with van der Waals surface area (Å²) in [6.45, 7) is 3.34. The fraction of sp³-hybridized carbons (Fsp3) is 0.292. The Morgan fingerprint density at radius 1 is 1.12 bits per heavy atom. The molecule has 0 amide bonds. The molecule has 0 bridgehead atoms. The maximum atomic E-state index is 11.5. The van der Waals surface area contributed by atoms with Gasteiger partial charge in [-0.3, -0.25) is 4.79 Å². The number of thiazole rings is 1. The summed E-state index contributed by atoms with van der Waals surface area (Å²) in [5.74, 6) is 1.10. The van der Waals surface area contributed by atoms with E-state index in [1.54, 1.807) is 17.5 Å². The minimum atomic E-state index is -0.277. The number of carbonyl (C=O) groups excluding carboxylic acids is 1. The Bertz CT molecular complexity index is 1180. The molecule has 0 aliphatic rings. The Kier molecular flexibility index (Phi) is 7.01. The lowest BCUT2D eigenvalue weighted by molar-refractivity contribution is -0.141. The zero-order chi connectivity index (χ0) is 22.3. The van der Waals surface area contributed by atoms with Crippen LogP contribution >= 0.6 is 11.3 Å². The number of benzene rings is 1. The fourth-order valence-electron chi connectivity index (χ4n) is 3.23. The van der Waals surface area contributed by atoms with Crippen LogP contribution in [0.3, 0.4) is 0 Å². The molecule has 7 nitrogen and oxygen atoms in total. The lowest BCUT2D eigenvalue weighted by Crippen LogP contribution is -2.10. The largest absolute Gasteiger partial charge is 0.493 e. The number of carbonyl (C=O) groups is 1. The van der Waals surface area contributed by atoms with Crippen molar-refractivity contribution in [3.63, 3.8) is 0 Å². The maximum Gasteiger partial charge on any atom is 0.325 e. The lowest BCUT2D eigenvalue weighted by atomic mass is 10.2. The second-order valence-electron chi connectivity index (χ2n) is 7.17. The van der Waals surface area contributed by atoms with Gasteiger partial charge < -0.3 is 18.8 Å². The first kappa shape index (κ1) is 21.8. The van der Waals surface area contributed by atoms with E-state index in [0.717, 1.165) is 45.8 Å². The van der Waals surface area contributed by atoms with Gasteiger partial charge in [-0.25, -0.2) is 9.97 Å². The zero-order valence-electron chi connectivity index (χ0n) is 18.1. The van der Waals surface area contributed by atoms with Gasteiger partial charge in [0.1, 0.15) is 17.3 Å². The number of aryl methyl sites for hydroxylation is 1. The number of aromatic nitrogens is 3. The maximum absolute atomic E-state index is 11.5. The second kappa shape index (κ2) is 10.3. The molecular formula is C24H25N3O4S. The highest BCUT2D eigenvalue weighted by atomic mass is 32.1. The van der Waals surface area contributed by atoms with E-state index < -0.39 is 0 Å². The van der Waals surface area contributed by atoms with E-state index >= 15 is 0 Å². The molecule has 0 unspecified atom stereocenters. The minimum absolute atomic E-state index is 0.191. The first-order valence-corrected chi connectivity index (χ1v) is 11.4. The number of pyridine rings is 1. The summed E-state index contributed by atoms with van der Waals surface area (Å²) in [5.41, 5.74) is 3.06. The molecule has 0 fully saturated rings. The molecule has 4 aromatic rings. The molecule has 32 heavy (non-hydrogen) atoms.